The van der Waals surface area contributed by atoms with Gasteiger partial charge in [0.05, 0.1) is 24.5 Å². The minimum absolute atomic E-state index is 0.0490. The molecule has 4 rings (SSSR count). The third-order valence-electron chi connectivity index (χ3n) is 5.34. The number of nitrogens with one attached hydrogen (secondary N) is 2. The van der Waals surface area contributed by atoms with Gasteiger partial charge in [0.1, 0.15) is 5.75 Å². The number of aryl methyl sites for hydroxylation is 1. The van der Waals surface area contributed by atoms with E-state index in [1.54, 1.807) is 31.4 Å². The van der Waals surface area contributed by atoms with Crippen LogP contribution in [0, 0.1) is 0 Å². The van der Waals surface area contributed by atoms with Gasteiger partial charge in [-0.2, -0.15) is 4.98 Å². The molecule has 1 unspecified atom stereocenters. The molecule has 33 heavy (non-hydrogen) atoms. The van der Waals surface area contributed by atoms with Crippen LogP contribution >= 0.6 is 0 Å². The Kier molecular flexibility index (Phi) is 7.31. The molecule has 0 radical (unpaired) electrons. The van der Waals surface area contributed by atoms with Crippen LogP contribution in [0.3, 0.4) is 0 Å². The number of para-hydroxylation sites is 1. The van der Waals surface area contributed by atoms with Gasteiger partial charge in [0.25, 0.3) is 5.91 Å². The number of amides is 2. The van der Waals surface area contributed by atoms with Gasteiger partial charge in [-0.15, -0.1) is 0 Å². The standard InChI is InChI=1S/C24H26N4O5/c1-31-17-10-8-16(9-11-17)23-27-22(33-28-23)13-12-21(29)26-20-7-3-2-6-19(20)24(30)25-15-18-5-4-14-32-18/h2-3,6-11,18H,4-5,12-15H2,1H3,(H,25,30)(H,26,29). The van der Waals surface area contributed by atoms with Crippen molar-refractivity contribution in [1.82, 2.24) is 15.5 Å². The molecule has 9 nitrogen and oxygen atoms in total. The van der Waals surface area contributed by atoms with E-state index in [1.165, 1.54) is 0 Å². The fourth-order valence-corrected chi connectivity index (χ4v) is 3.54. The Hall–Kier alpha value is -3.72. The van der Waals surface area contributed by atoms with Gasteiger partial charge in [0.15, 0.2) is 0 Å². The number of nitrogens with zero attached hydrogens (tertiary/aromatic N) is 2. The van der Waals surface area contributed by atoms with E-state index in [9.17, 15) is 9.59 Å². The first-order valence-corrected chi connectivity index (χ1v) is 10.9. The summed E-state index contributed by atoms with van der Waals surface area (Å²) in [5.41, 5.74) is 1.65. The topological polar surface area (TPSA) is 116 Å². The smallest absolute Gasteiger partial charge is 0.253 e. The third kappa shape index (κ3) is 5.95. The highest BCUT2D eigenvalue weighted by Gasteiger charge is 2.19. The highest BCUT2D eigenvalue weighted by atomic mass is 16.5. The molecule has 3 aromatic rings. The van der Waals surface area contributed by atoms with Crippen LogP contribution in [0.15, 0.2) is 53.1 Å². The molecule has 172 valence electrons. The summed E-state index contributed by atoms with van der Waals surface area (Å²) in [7, 11) is 1.60. The minimum Gasteiger partial charge on any atom is -0.497 e. The zero-order chi connectivity index (χ0) is 23.0. The van der Waals surface area contributed by atoms with Crippen molar-refractivity contribution in [2.75, 3.05) is 25.6 Å². The normalized spacial score (nSPS) is 15.2. The van der Waals surface area contributed by atoms with Crippen LogP contribution < -0.4 is 15.4 Å². The molecule has 0 bridgehead atoms. The monoisotopic (exact) mass is 450 g/mol. The number of anilines is 1. The van der Waals surface area contributed by atoms with E-state index in [4.69, 9.17) is 14.0 Å². The molecular weight excluding hydrogens is 424 g/mol. The van der Waals surface area contributed by atoms with E-state index in [0.717, 1.165) is 30.8 Å². The lowest BCUT2D eigenvalue weighted by Crippen LogP contribution is -2.32. The maximum atomic E-state index is 12.6. The van der Waals surface area contributed by atoms with Gasteiger partial charge in [-0.25, -0.2) is 0 Å². The SMILES string of the molecule is COc1ccc(-c2noc(CCC(=O)Nc3ccccc3C(=O)NCC3CCCO3)n2)cc1. The maximum absolute atomic E-state index is 12.6. The van der Waals surface area contributed by atoms with Crippen LogP contribution in [0.5, 0.6) is 5.75 Å². The van der Waals surface area contributed by atoms with E-state index in [0.29, 0.717) is 29.5 Å². The van der Waals surface area contributed by atoms with Crippen molar-refractivity contribution >= 4 is 17.5 Å². The van der Waals surface area contributed by atoms with Crippen molar-refractivity contribution in [2.24, 2.45) is 0 Å². The molecule has 1 fully saturated rings. The molecule has 0 aliphatic carbocycles. The summed E-state index contributed by atoms with van der Waals surface area (Å²) < 4.78 is 16.0. The Morgan fingerprint density at radius 1 is 1.15 bits per heavy atom. The molecule has 2 N–H and O–H groups in total. The Labute approximate surface area is 191 Å². The number of hydrogen-bond donors (Lipinski definition) is 2. The molecule has 1 saturated heterocycles. The molecule has 1 aliphatic rings. The Balaban J connectivity index is 1.31. The lowest BCUT2D eigenvalue weighted by molar-refractivity contribution is -0.116. The molecule has 2 aromatic carbocycles. The molecule has 2 heterocycles. The lowest BCUT2D eigenvalue weighted by Gasteiger charge is -2.13. The number of methoxy groups -OCH3 is 1. The first-order chi connectivity index (χ1) is 16.1. The van der Waals surface area contributed by atoms with Crippen LogP contribution in [0.25, 0.3) is 11.4 Å². The van der Waals surface area contributed by atoms with E-state index in [1.807, 2.05) is 24.3 Å². The molecule has 1 aromatic heterocycles. The molecule has 0 saturated carbocycles. The second kappa shape index (κ2) is 10.7. The van der Waals surface area contributed by atoms with E-state index >= 15 is 0 Å². The zero-order valence-electron chi connectivity index (χ0n) is 18.4. The van der Waals surface area contributed by atoms with Crippen LogP contribution in [0.4, 0.5) is 5.69 Å². The van der Waals surface area contributed by atoms with E-state index in [-0.39, 0.29) is 30.8 Å². The van der Waals surface area contributed by atoms with Gasteiger partial charge < -0.3 is 24.6 Å². The number of carbonyl (C=O) groups is 2. The Bertz CT molecular complexity index is 1090. The predicted molar refractivity (Wildman–Crippen MR) is 121 cm³/mol. The average molecular weight is 450 g/mol. The van der Waals surface area contributed by atoms with Crippen molar-refractivity contribution in [2.45, 2.75) is 31.8 Å². The van der Waals surface area contributed by atoms with E-state index in [2.05, 4.69) is 20.8 Å². The molecule has 1 aliphatic heterocycles. The van der Waals surface area contributed by atoms with E-state index < -0.39 is 0 Å². The summed E-state index contributed by atoms with van der Waals surface area (Å²) in [6, 6.07) is 14.2. The summed E-state index contributed by atoms with van der Waals surface area (Å²) in [5.74, 6) is 1.04. The quantitative estimate of drug-likeness (QED) is 0.514. The van der Waals surface area contributed by atoms with Crippen molar-refractivity contribution in [1.29, 1.82) is 0 Å². The van der Waals surface area contributed by atoms with Gasteiger partial charge in [0.2, 0.25) is 17.6 Å². The van der Waals surface area contributed by atoms with Crippen molar-refractivity contribution in [3.05, 3.63) is 60.0 Å². The van der Waals surface area contributed by atoms with Crippen molar-refractivity contribution in [3.8, 4) is 17.1 Å². The van der Waals surface area contributed by atoms with Gasteiger partial charge in [0, 0.05) is 31.6 Å². The fourth-order valence-electron chi connectivity index (χ4n) is 3.54. The number of aromatic nitrogens is 2. The van der Waals surface area contributed by atoms with Crippen LogP contribution in [-0.4, -0.2) is 48.3 Å². The van der Waals surface area contributed by atoms with Gasteiger partial charge in [-0.3, -0.25) is 9.59 Å². The highest BCUT2D eigenvalue weighted by molar-refractivity contribution is 6.03. The first-order valence-electron chi connectivity index (χ1n) is 10.9. The second-order valence-electron chi connectivity index (χ2n) is 7.68. The molecule has 0 spiro atoms. The average Bonchev–Trinajstić information content (AvgIpc) is 3.54. The number of ether oxygens (including phenoxy) is 2. The molecule has 2 amide bonds. The van der Waals surface area contributed by atoms with Gasteiger partial charge in [-0.1, -0.05) is 17.3 Å². The summed E-state index contributed by atoms with van der Waals surface area (Å²) in [5, 5.41) is 9.66. The maximum Gasteiger partial charge on any atom is 0.253 e. The summed E-state index contributed by atoms with van der Waals surface area (Å²) in [4.78, 5) is 29.5. The third-order valence-corrected chi connectivity index (χ3v) is 5.34. The Morgan fingerprint density at radius 2 is 1.97 bits per heavy atom. The fraction of sp³-hybridized carbons (Fsp3) is 0.333. The van der Waals surface area contributed by atoms with Crippen molar-refractivity contribution < 1.29 is 23.6 Å². The van der Waals surface area contributed by atoms with Gasteiger partial charge in [-0.05, 0) is 49.2 Å². The van der Waals surface area contributed by atoms with Crippen LogP contribution in [0.1, 0.15) is 35.5 Å². The number of carbonyl (C=O) groups excluding carboxylic acids is 2. The summed E-state index contributed by atoms with van der Waals surface area (Å²) >= 11 is 0. The summed E-state index contributed by atoms with van der Waals surface area (Å²) in [6.07, 6.45) is 2.41. The summed E-state index contributed by atoms with van der Waals surface area (Å²) in [6.45, 7) is 1.18. The highest BCUT2D eigenvalue weighted by Crippen LogP contribution is 2.20. The number of rotatable bonds is 9. The lowest BCUT2D eigenvalue weighted by atomic mass is 10.1. The zero-order valence-corrected chi connectivity index (χ0v) is 18.4. The second-order valence-corrected chi connectivity index (χ2v) is 7.68. The van der Waals surface area contributed by atoms with Crippen molar-refractivity contribution in [3.63, 3.8) is 0 Å². The van der Waals surface area contributed by atoms with Crippen LogP contribution in [0.2, 0.25) is 0 Å². The molecule has 9 heteroatoms. The van der Waals surface area contributed by atoms with Gasteiger partial charge >= 0.3 is 0 Å². The first kappa shape index (κ1) is 22.5. The largest absolute Gasteiger partial charge is 0.497 e. The molecule has 1 atom stereocenters. The Morgan fingerprint density at radius 3 is 2.73 bits per heavy atom. The minimum atomic E-state index is -0.251. The number of benzene rings is 2. The number of hydrogen-bond acceptors (Lipinski definition) is 7. The molecular formula is C24H26N4O5. The predicted octanol–water partition coefficient (Wildman–Crippen LogP) is 3.23. The van der Waals surface area contributed by atoms with Crippen LogP contribution in [-0.2, 0) is 16.0 Å².